The predicted molar refractivity (Wildman–Crippen MR) is 93.9 cm³/mol. The maximum atomic E-state index is 12.3. The van der Waals surface area contributed by atoms with Crippen molar-refractivity contribution < 1.29 is 4.79 Å². The highest BCUT2D eigenvalue weighted by atomic mass is 16.2. The monoisotopic (exact) mass is 328 g/mol. The molecule has 1 N–H and O–H groups in total. The first-order chi connectivity index (χ1) is 11.6. The molecule has 0 spiro atoms. The van der Waals surface area contributed by atoms with E-state index in [9.17, 15) is 9.59 Å². The average Bonchev–Trinajstić information content (AvgIpc) is 2.61. The number of benzene rings is 1. The van der Waals surface area contributed by atoms with Crippen molar-refractivity contribution in [3.8, 4) is 0 Å². The summed E-state index contributed by atoms with van der Waals surface area (Å²) < 4.78 is 1.16. The molecule has 1 heterocycles. The third-order valence-corrected chi connectivity index (χ3v) is 4.09. The lowest BCUT2D eigenvalue weighted by molar-refractivity contribution is 0.0927. The molecule has 1 atom stereocenters. The highest BCUT2D eigenvalue weighted by Gasteiger charge is 2.19. The van der Waals surface area contributed by atoms with Crippen LogP contribution in [-0.4, -0.2) is 40.2 Å². The first-order valence-corrected chi connectivity index (χ1v) is 8.18. The van der Waals surface area contributed by atoms with Crippen molar-refractivity contribution in [3.05, 3.63) is 64.1 Å². The number of carbonyl (C=O) groups excluding carboxylic acids is 1. The highest BCUT2D eigenvalue weighted by Crippen LogP contribution is 2.19. The van der Waals surface area contributed by atoms with Crippen molar-refractivity contribution >= 4 is 5.91 Å². The molecule has 0 bridgehead atoms. The van der Waals surface area contributed by atoms with Gasteiger partial charge in [-0.1, -0.05) is 44.2 Å². The van der Waals surface area contributed by atoms with Gasteiger partial charge in [0.1, 0.15) is 5.69 Å². The third kappa shape index (κ3) is 4.29. The molecular weight excluding hydrogens is 304 g/mol. The molecule has 24 heavy (non-hydrogen) atoms. The summed E-state index contributed by atoms with van der Waals surface area (Å²) in [6.45, 7) is 6.48. The molecular formula is C18H24N4O2. The van der Waals surface area contributed by atoms with Gasteiger partial charge in [0.2, 0.25) is 0 Å². The molecule has 0 aliphatic heterocycles. The molecule has 0 aliphatic rings. The largest absolute Gasteiger partial charge is 0.349 e. The van der Waals surface area contributed by atoms with Gasteiger partial charge in [-0.15, -0.1) is 0 Å². The lowest BCUT2D eigenvalue weighted by atomic mass is 10.1. The van der Waals surface area contributed by atoms with Crippen molar-refractivity contribution in [1.82, 2.24) is 20.0 Å². The van der Waals surface area contributed by atoms with Gasteiger partial charge in [0, 0.05) is 19.7 Å². The molecule has 0 aliphatic carbocycles. The second kappa shape index (κ2) is 8.40. The molecule has 2 rings (SSSR count). The number of likely N-dealkylation sites (N-methyl/N-ethyl adjacent to an activating group) is 1. The number of aromatic nitrogens is 2. The minimum absolute atomic E-state index is 0.0951. The van der Waals surface area contributed by atoms with Crippen LogP contribution in [0.5, 0.6) is 0 Å². The van der Waals surface area contributed by atoms with E-state index in [0.717, 1.165) is 23.3 Å². The van der Waals surface area contributed by atoms with Crippen LogP contribution < -0.4 is 10.9 Å². The normalized spacial score (nSPS) is 12.2. The molecule has 1 aromatic carbocycles. The first-order valence-electron chi connectivity index (χ1n) is 8.18. The van der Waals surface area contributed by atoms with Crippen molar-refractivity contribution in [2.24, 2.45) is 7.05 Å². The van der Waals surface area contributed by atoms with Crippen LogP contribution in [-0.2, 0) is 7.05 Å². The molecule has 0 saturated heterocycles. The molecule has 6 heteroatoms. The topological polar surface area (TPSA) is 67.2 Å². The van der Waals surface area contributed by atoms with Gasteiger partial charge in [-0.25, -0.2) is 4.68 Å². The Kier molecular flexibility index (Phi) is 6.26. The van der Waals surface area contributed by atoms with E-state index in [0.29, 0.717) is 6.54 Å². The Labute approximate surface area is 142 Å². The molecule has 1 aromatic heterocycles. The number of nitrogens with one attached hydrogen (secondary N) is 1. The van der Waals surface area contributed by atoms with Gasteiger partial charge in [-0.3, -0.25) is 14.5 Å². The Morgan fingerprint density at radius 3 is 2.42 bits per heavy atom. The van der Waals surface area contributed by atoms with Gasteiger partial charge >= 0.3 is 0 Å². The van der Waals surface area contributed by atoms with E-state index in [1.165, 1.54) is 19.2 Å². The van der Waals surface area contributed by atoms with Crippen molar-refractivity contribution in [3.63, 3.8) is 0 Å². The fourth-order valence-corrected chi connectivity index (χ4v) is 2.70. The summed E-state index contributed by atoms with van der Waals surface area (Å²) >= 11 is 0. The molecule has 0 fully saturated rings. The molecule has 1 amide bonds. The Balaban J connectivity index is 2.13. The van der Waals surface area contributed by atoms with Gasteiger partial charge in [-0.2, -0.15) is 5.10 Å². The van der Waals surface area contributed by atoms with E-state index in [1.54, 1.807) is 0 Å². The summed E-state index contributed by atoms with van der Waals surface area (Å²) in [6.07, 6.45) is 0. The fraction of sp³-hybridized carbons (Fsp3) is 0.389. The van der Waals surface area contributed by atoms with E-state index in [-0.39, 0.29) is 23.2 Å². The quantitative estimate of drug-likeness (QED) is 0.838. The van der Waals surface area contributed by atoms with E-state index < -0.39 is 0 Å². The number of amides is 1. The Hall–Kier alpha value is -2.47. The number of hydrogen-bond acceptors (Lipinski definition) is 4. The van der Waals surface area contributed by atoms with Gasteiger partial charge in [0.05, 0.1) is 6.04 Å². The molecule has 1 unspecified atom stereocenters. The zero-order valence-electron chi connectivity index (χ0n) is 14.4. The van der Waals surface area contributed by atoms with E-state index in [1.807, 2.05) is 18.2 Å². The number of aryl methyl sites for hydroxylation is 1. The molecule has 0 saturated carbocycles. The first kappa shape index (κ1) is 17.9. The summed E-state index contributed by atoms with van der Waals surface area (Å²) in [5.41, 5.74) is 1.16. The third-order valence-electron chi connectivity index (χ3n) is 4.09. The van der Waals surface area contributed by atoms with Crippen LogP contribution in [0.25, 0.3) is 0 Å². The van der Waals surface area contributed by atoms with Crippen LogP contribution in [0.4, 0.5) is 0 Å². The van der Waals surface area contributed by atoms with Crippen LogP contribution in [0, 0.1) is 0 Å². The molecule has 0 radical (unpaired) electrons. The smallest absolute Gasteiger partial charge is 0.271 e. The molecule has 2 aromatic rings. The van der Waals surface area contributed by atoms with Crippen LogP contribution in [0.15, 0.2) is 47.3 Å². The summed E-state index contributed by atoms with van der Waals surface area (Å²) in [5, 5.41) is 6.92. The Morgan fingerprint density at radius 1 is 1.17 bits per heavy atom. The zero-order valence-corrected chi connectivity index (χ0v) is 14.4. The summed E-state index contributed by atoms with van der Waals surface area (Å²) in [5.74, 6) is -0.279. The summed E-state index contributed by atoms with van der Waals surface area (Å²) in [6, 6.07) is 13.0. The number of carbonyl (C=O) groups is 1. The molecule has 128 valence electrons. The second-order valence-corrected chi connectivity index (χ2v) is 5.54. The van der Waals surface area contributed by atoms with E-state index in [2.05, 4.69) is 41.3 Å². The van der Waals surface area contributed by atoms with E-state index in [4.69, 9.17) is 0 Å². The van der Waals surface area contributed by atoms with Crippen molar-refractivity contribution in [2.75, 3.05) is 19.6 Å². The SMILES string of the molecule is CCN(CC)C(CNC(=O)c1ccc(=O)n(C)n1)c1ccccc1. The van der Waals surface area contributed by atoms with Crippen LogP contribution in [0.2, 0.25) is 0 Å². The second-order valence-electron chi connectivity index (χ2n) is 5.54. The van der Waals surface area contributed by atoms with Gasteiger partial charge in [0.15, 0.2) is 0 Å². The Morgan fingerprint density at radius 2 is 1.83 bits per heavy atom. The maximum Gasteiger partial charge on any atom is 0.271 e. The molecule has 6 nitrogen and oxygen atoms in total. The van der Waals surface area contributed by atoms with Crippen molar-refractivity contribution in [1.29, 1.82) is 0 Å². The zero-order chi connectivity index (χ0) is 17.5. The highest BCUT2D eigenvalue weighted by molar-refractivity contribution is 5.92. The standard InChI is InChI=1S/C18H24N4O2/c1-4-22(5-2)16(14-9-7-6-8-10-14)13-19-18(24)15-11-12-17(23)21(3)20-15/h6-12,16H,4-5,13H2,1-3H3,(H,19,24). The number of hydrogen-bond donors (Lipinski definition) is 1. The van der Waals surface area contributed by atoms with Crippen LogP contribution in [0.1, 0.15) is 35.9 Å². The predicted octanol–water partition coefficient (Wildman–Crippen LogP) is 1.59. The summed E-state index contributed by atoms with van der Waals surface area (Å²) in [7, 11) is 1.53. The minimum atomic E-state index is -0.279. The summed E-state index contributed by atoms with van der Waals surface area (Å²) in [4.78, 5) is 26.0. The van der Waals surface area contributed by atoms with Gasteiger partial charge < -0.3 is 5.32 Å². The Bertz CT molecular complexity index is 723. The van der Waals surface area contributed by atoms with Gasteiger partial charge in [-0.05, 0) is 24.7 Å². The lowest BCUT2D eigenvalue weighted by Gasteiger charge is -2.30. The van der Waals surface area contributed by atoms with Crippen LogP contribution in [0.3, 0.4) is 0 Å². The fourth-order valence-electron chi connectivity index (χ4n) is 2.70. The number of nitrogens with zero attached hydrogens (tertiary/aromatic N) is 3. The average molecular weight is 328 g/mol. The van der Waals surface area contributed by atoms with Gasteiger partial charge in [0.25, 0.3) is 11.5 Å². The van der Waals surface area contributed by atoms with Crippen LogP contribution >= 0.6 is 0 Å². The van der Waals surface area contributed by atoms with Crippen molar-refractivity contribution in [2.45, 2.75) is 19.9 Å². The maximum absolute atomic E-state index is 12.3. The number of rotatable bonds is 7. The minimum Gasteiger partial charge on any atom is -0.349 e. The van der Waals surface area contributed by atoms with E-state index >= 15 is 0 Å². The lowest BCUT2D eigenvalue weighted by Crippen LogP contribution is -2.38.